The first kappa shape index (κ1) is 21.8. The summed E-state index contributed by atoms with van der Waals surface area (Å²) in [5, 5.41) is 5.55. The van der Waals surface area contributed by atoms with E-state index in [-0.39, 0.29) is 5.02 Å². The molecule has 1 unspecified atom stereocenters. The molecule has 2 aromatic carbocycles. The minimum absolute atomic E-state index is 0.253. The van der Waals surface area contributed by atoms with Crippen molar-refractivity contribution < 1.29 is 28.6 Å². The number of urea groups is 1. The van der Waals surface area contributed by atoms with Gasteiger partial charge in [-0.15, -0.1) is 0 Å². The first-order valence-electron chi connectivity index (χ1n) is 9.99. The number of nitrogens with one attached hydrogen (secondary N) is 2. The number of halogens is 1. The van der Waals surface area contributed by atoms with Crippen LogP contribution in [0, 0.1) is 0 Å². The van der Waals surface area contributed by atoms with Gasteiger partial charge in [0.15, 0.2) is 11.5 Å². The summed E-state index contributed by atoms with van der Waals surface area (Å²) in [4.78, 5) is 39.1. The Kier molecular flexibility index (Phi) is 5.84. The highest BCUT2D eigenvalue weighted by Gasteiger charge is 2.49. The first-order valence-corrected chi connectivity index (χ1v) is 10.4. The second-order valence-corrected chi connectivity index (χ2v) is 7.96. The molecule has 1 saturated heterocycles. The van der Waals surface area contributed by atoms with Crippen molar-refractivity contribution in [2.45, 2.75) is 18.9 Å². The number of carbonyl (C=O) groups is 3. The monoisotopic (exact) mass is 459 g/mol. The Hall–Kier alpha value is -3.46. The molecule has 32 heavy (non-hydrogen) atoms. The summed E-state index contributed by atoms with van der Waals surface area (Å²) in [7, 11) is 1.54. The van der Waals surface area contributed by atoms with Crippen molar-refractivity contribution >= 4 is 35.1 Å². The van der Waals surface area contributed by atoms with Gasteiger partial charge in [0.2, 0.25) is 5.91 Å². The van der Waals surface area contributed by atoms with Crippen LogP contribution in [0.2, 0.25) is 5.02 Å². The van der Waals surface area contributed by atoms with Crippen LogP contribution in [0.1, 0.15) is 18.9 Å². The molecule has 1 fully saturated rings. The zero-order chi connectivity index (χ0) is 22.9. The van der Waals surface area contributed by atoms with E-state index in [1.807, 2.05) is 0 Å². The molecule has 0 aromatic heterocycles. The van der Waals surface area contributed by atoms with E-state index in [0.29, 0.717) is 41.7 Å². The predicted molar refractivity (Wildman–Crippen MR) is 116 cm³/mol. The Labute approximate surface area is 189 Å². The number of nitrogens with zero attached hydrogens (tertiary/aromatic N) is 1. The van der Waals surface area contributed by atoms with Crippen LogP contribution < -0.4 is 24.8 Å². The van der Waals surface area contributed by atoms with Crippen molar-refractivity contribution in [3.8, 4) is 17.2 Å². The number of carbonyl (C=O) groups excluding carboxylic acids is 3. The van der Waals surface area contributed by atoms with Gasteiger partial charge in [-0.3, -0.25) is 14.5 Å². The van der Waals surface area contributed by atoms with E-state index in [2.05, 4.69) is 10.6 Å². The number of rotatable bonds is 5. The smallest absolute Gasteiger partial charge is 0.325 e. The Bertz CT molecular complexity index is 1070. The minimum atomic E-state index is -1.30. The highest BCUT2D eigenvalue weighted by molar-refractivity contribution is 6.34. The third kappa shape index (κ3) is 4.03. The van der Waals surface area contributed by atoms with Crippen LogP contribution in [-0.2, 0) is 15.1 Å². The van der Waals surface area contributed by atoms with Crippen molar-refractivity contribution in [1.29, 1.82) is 0 Å². The highest BCUT2D eigenvalue weighted by Crippen LogP contribution is 2.38. The van der Waals surface area contributed by atoms with Crippen molar-refractivity contribution in [1.82, 2.24) is 10.2 Å². The molecule has 4 rings (SSSR count). The number of amides is 4. The molecule has 9 nitrogen and oxygen atoms in total. The Morgan fingerprint density at radius 1 is 1.19 bits per heavy atom. The third-order valence-electron chi connectivity index (χ3n) is 5.36. The Balaban J connectivity index is 1.48. The summed E-state index contributed by atoms with van der Waals surface area (Å²) in [6, 6.07) is 9.24. The molecule has 2 aliphatic rings. The Morgan fingerprint density at radius 2 is 1.84 bits per heavy atom. The second-order valence-electron chi connectivity index (χ2n) is 7.55. The zero-order valence-electron chi connectivity index (χ0n) is 17.6. The largest absolute Gasteiger partial charge is 0.497 e. The first-order chi connectivity index (χ1) is 15.3. The lowest BCUT2D eigenvalue weighted by atomic mass is 9.92. The van der Waals surface area contributed by atoms with Gasteiger partial charge < -0.3 is 24.8 Å². The van der Waals surface area contributed by atoms with Gasteiger partial charge in [-0.2, -0.15) is 0 Å². The van der Waals surface area contributed by atoms with Gasteiger partial charge in [0.25, 0.3) is 5.91 Å². The summed E-state index contributed by atoms with van der Waals surface area (Å²) in [5.41, 5.74) is -0.423. The quantitative estimate of drug-likeness (QED) is 0.666. The van der Waals surface area contributed by atoms with Gasteiger partial charge >= 0.3 is 6.03 Å². The van der Waals surface area contributed by atoms with Crippen LogP contribution in [0.15, 0.2) is 36.4 Å². The average molecular weight is 460 g/mol. The van der Waals surface area contributed by atoms with Gasteiger partial charge in [0, 0.05) is 18.6 Å². The summed E-state index contributed by atoms with van der Waals surface area (Å²) in [6.45, 7) is 2.11. The number of ether oxygens (including phenoxy) is 3. The summed E-state index contributed by atoms with van der Waals surface area (Å²) in [6.07, 6.45) is 0.729. The fourth-order valence-electron chi connectivity index (χ4n) is 3.57. The number of methoxy groups -OCH3 is 1. The number of imide groups is 1. The standard InChI is InChI=1S/C22H22ClN3O6/c1-22(13-4-6-14(30-2)7-5-13)20(28)26(21(29)25-22)12-19(27)24-16-11-18-17(10-15(16)23)31-8-3-9-32-18/h4-7,10-11H,3,8-9,12H2,1-2H3,(H,24,27)(H,25,29). The SMILES string of the molecule is COc1ccc(C2(C)NC(=O)N(CC(=O)Nc3cc4c(cc3Cl)OCCCO4)C2=O)cc1. The molecular weight excluding hydrogens is 438 g/mol. The minimum Gasteiger partial charge on any atom is -0.497 e. The number of hydrogen-bond acceptors (Lipinski definition) is 6. The molecule has 2 N–H and O–H groups in total. The average Bonchev–Trinajstić information content (AvgIpc) is 2.92. The van der Waals surface area contributed by atoms with E-state index in [4.69, 9.17) is 25.8 Å². The van der Waals surface area contributed by atoms with Gasteiger partial charge in [0.05, 0.1) is 31.0 Å². The molecule has 0 bridgehead atoms. The molecule has 0 aliphatic carbocycles. The number of benzene rings is 2. The van der Waals surface area contributed by atoms with E-state index in [1.54, 1.807) is 43.3 Å². The summed E-state index contributed by atoms with van der Waals surface area (Å²) < 4.78 is 16.3. The van der Waals surface area contributed by atoms with Crippen LogP contribution in [0.3, 0.4) is 0 Å². The topological polar surface area (TPSA) is 106 Å². The van der Waals surface area contributed by atoms with Gasteiger partial charge in [0.1, 0.15) is 17.8 Å². The summed E-state index contributed by atoms with van der Waals surface area (Å²) >= 11 is 6.26. The van der Waals surface area contributed by atoms with Crippen LogP contribution in [-0.4, -0.2) is 49.6 Å². The van der Waals surface area contributed by atoms with Gasteiger partial charge in [-0.25, -0.2) is 4.79 Å². The Morgan fingerprint density at radius 3 is 2.50 bits per heavy atom. The van der Waals surface area contributed by atoms with E-state index in [9.17, 15) is 14.4 Å². The molecule has 0 spiro atoms. The van der Waals surface area contributed by atoms with E-state index < -0.39 is 29.9 Å². The lowest BCUT2D eigenvalue weighted by Gasteiger charge is -2.22. The molecule has 2 aromatic rings. The molecule has 10 heteroatoms. The van der Waals surface area contributed by atoms with Crippen molar-refractivity contribution in [2.24, 2.45) is 0 Å². The van der Waals surface area contributed by atoms with Crippen molar-refractivity contribution in [2.75, 3.05) is 32.2 Å². The van der Waals surface area contributed by atoms with Crippen molar-refractivity contribution in [3.63, 3.8) is 0 Å². The normalized spacial score (nSPS) is 19.9. The maximum atomic E-state index is 13.0. The van der Waals surface area contributed by atoms with Crippen LogP contribution in [0.5, 0.6) is 17.2 Å². The van der Waals surface area contributed by atoms with Gasteiger partial charge in [-0.1, -0.05) is 23.7 Å². The molecule has 0 radical (unpaired) electrons. The number of anilines is 1. The van der Waals surface area contributed by atoms with E-state index in [1.165, 1.54) is 7.11 Å². The van der Waals surface area contributed by atoms with E-state index in [0.717, 1.165) is 11.3 Å². The fourth-order valence-corrected chi connectivity index (χ4v) is 3.77. The molecule has 0 saturated carbocycles. The predicted octanol–water partition coefficient (Wildman–Crippen LogP) is 2.92. The van der Waals surface area contributed by atoms with E-state index >= 15 is 0 Å². The second kappa shape index (κ2) is 8.58. The van der Waals surface area contributed by atoms with Crippen LogP contribution in [0.4, 0.5) is 10.5 Å². The molecule has 2 heterocycles. The maximum Gasteiger partial charge on any atom is 0.325 e. The summed E-state index contributed by atoms with van der Waals surface area (Å²) in [5.74, 6) is 0.466. The van der Waals surface area contributed by atoms with Crippen molar-refractivity contribution in [3.05, 3.63) is 47.0 Å². The number of fused-ring (bicyclic) bond motifs is 1. The fraction of sp³-hybridized carbons (Fsp3) is 0.318. The van der Waals surface area contributed by atoms with Crippen LogP contribution in [0.25, 0.3) is 0 Å². The number of hydrogen-bond donors (Lipinski definition) is 2. The maximum absolute atomic E-state index is 13.0. The molecule has 4 amide bonds. The molecule has 2 aliphatic heterocycles. The van der Waals surface area contributed by atoms with Crippen LogP contribution >= 0.6 is 11.6 Å². The lowest BCUT2D eigenvalue weighted by molar-refractivity contribution is -0.133. The highest BCUT2D eigenvalue weighted by atomic mass is 35.5. The lowest BCUT2D eigenvalue weighted by Crippen LogP contribution is -2.42. The molecule has 168 valence electrons. The molecular formula is C22H22ClN3O6. The molecule has 1 atom stereocenters. The van der Waals surface area contributed by atoms with Gasteiger partial charge in [-0.05, 0) is 24.6 Å². The third-order valence-corrected chi connectivity index (χ3v) is 5.67. The zero-order valence-corrected chi connectivity index (χ0v) is 18.3.